The van der Waals surface area contributed by atoms with Gasteiger partial charge in [-0.1, -0.05) is 18.2 Å². The minimum atomic E-state index is -0.159. The Kier molecular flexibility index (Phi) is 4.45. The van der Waals surface area contributed by atoms with E-state index in [1.807, 2.05) is 37.3 Å². The third kappa shape index (κ3) is 3.48. The summed E-state index contributed by atoms with van der Waals surface area (Å²) in [6.07, 6.45) is 0. The number of aromatic nitrogens is 2. The fourth-order valence-corrected chi connectivity index (χ4v) is 2.74. The molecule has 0 fully saturated rings. The molecule has 0 aliphatic rings. The lowest BCUT2D eigenvalue weighted by atomic mass is 10.0. The van der Waals surface area contributed by atoms with Gasteiger partial charge in [0.2, 0.25) is 0 Å². The Morgan fingerprint density at radius 1 is 0.880 bits per heavy atom. The predicted molar refractivity (Wildman–Crippen MR) is 102 cm³/mol. The molecule has 25 heavy (non-hydrogen) atoms. The second-order valence-corrected chi connectivity index (χ2v) is 6.59. The van der Waals surface area contributed by atoms with E-state index < -0.39 is 0 Å². The van der Waals surface area contributed by atoms with Crippen molar-refractivity contribution in [1.82, 2.24) is 9.78 Å². The summed E-state index contributed by atoms with van der Waals surface area (Å²) in [6, 6.07) is 14.0. The molecule has 0 bridgehead atoms. The van der Waals surface area contributed by atoms with Crippen molar-refractivity contribution in [2.75, 3.05) is 5.32 Å². The minimum absolute atomic E-state index is 0.159. The molecule has 0 saturated heterocycles. The highest BCUT2D eigenvalue weighted by Crippen LogP contribution is 2.22. The van der Waals surface area contributed by atoms with Gasteiger partial charge in [0.25, 0.3) is 5.91 Å². The van der Waals surface area contributed by atoms with E-state index in [4.69, 9.17) is 0 Å². The maximum Gasteiger partial charge on any atom is 0.273 e. The first-order chi connectivity index (χ1) is 11.8. The molecule has 4 heteroatoms. The third-order valence-electron chi connectivity index (χ3n) is 4.68. The van der Waals surface area contributed by atoms with Crippen LogP contribution in [-0.4, -0.2) is 15.7 Å². The molecule has 0 spiro atoms. The number of nitrogens with one attached hydrogen (secondary N) is 1. The van der Waals surface area contributed by atoms with Gasteiger partial charge in [-0.25, -0.2) is 0 Å². The summed E-state index contributed by atoms with van der Waals surface area (Å²) in [7, 11) is 1.79. The molecular formula is C21H23N3O. The van der Waals surface area contributed by atoms with Crippen LogP contribution < -0.4 is 5.32 Å². The highest BCUT2D eigenvalue weighted by Gasteiger charge is 2.15. The van der Waals surface area contributed by atoms with Gasteiger partial charge in [0.15, 0.2) is 0 Å². The van der Waals surface area contributed by atoms with Gasteiger partial charge in [0, 0.05) is 18.3 Å². The third-order valence-corrected chi connectivity index (χ3v) is 4.68. The first kappa shape index (κ1) is 17.0. The summed E-state index contributed by atoms with van der Waals surface area (Å²) in [6.45, 7) is 8.25. The zero-order chi connectivity index (χ0) is 18.1. The van der Waals surface area contributed by atoms with E-state index in [1.54, 1.807) is 11.7 Å². The maximum atomic E-state index is 12.6. The first-order valence-corrected chi connectivity index (χ1v) is 8.35. The number of nitrogens with zero attached hydrogens (tertiary/aromatic N) is 2. The fourth-order valence-electron chi connectivity index (χ4n) is 2.74. The van der Waals surface area contributed by atoms with E-state index in [0.717, 1.165) is 22.5 Å². The number of hydrogen-bond donors (Lipinski definition) is 1. The van der Waals surface area contributed by atoms with Gasteiger partial charge < -0.3 is 5.32 Å². The van der Waals surface area contributed by atoms with Crippen molar-refractivity contribution in [2.24, 2.45) is 7.05 Å². The van der Waals surface area contributed by atoms with Crippen molar-refractivity contribution >= 4 is 11.6 Å². The van der Waals surface area contributed by atoms with E-state index in [9.17, 15) is 4.79 Å². The van der Waals surface area contributed by atoms with Crippen LogP contribution in [0.3, 0.4) is 0 Å². The van der Waals surface area contributed by atoms with Crippen LogP contribution in [0.25, 0.3) is 11.3 Å². The standard InChI is InChI=1S/C21H23N3O/c1-13-6-8-17(10-15(13)3)19-12-20(24(5)23-19)21(25)22-18-9-7-14(2)16(4)11-18/h6-12H,1-5H3,(H,22,25). The minimum Gasteiger partial charge on any atom is -0.321 e. The number of carbonyl (C=O) groups is 1. The van der Waals surface area contributed by atoms with Crippen molar-refractivity contribution in [3.05, 3.63) is 70.4 Å². The van der Waals surface area contributed by atoms with Crippen molar-refractivity contribution in [3.63, 3.8) is 0 Å². The molecule has 0 aliphatic heterocycles. The van der Waals surface area contributed by atoms with Gasteiger partial charge in [-0.15, -0.1) is 0 Å². The Bertz CT molecular complexity index is 954. The zero-order valence-electron chi connectivity index (χ0n) is 15.3. The summed E-state index contributed by atoms with van der Waals surface area (Å²) in [4.78, 5) is 12.6. The van der Waals surface area contributed by atoms with Gasteiger partial charge in [-0.2, -0.15) is 5.10 Å². The molecule has 1 heterocycles. The molecule has 0 unspecified atom stereocenters. The molecule has 0 radical (unpaired) electrons. The first-order valence-electron chi connectivity index (χ1n) is 8.35. The van der Waals surface area contributed by atoms with Crippen LogP contribution in [0, 0.1) is 27.7 Å². The Morgan fingerprint density at radius 3 is 2.16 bits per heavy atom. The molecule has 0 saturated carbocycles. The lowest BCUT2D eigenvalue weighted by Gasteiger charge is -2.07. The predicted octanol–water partition coefficient (Wildman–Crippen LogP) is 4.57. The molecule has 1 amide bonds. The SMILES string of the molecule is Cc1ccc(NC(=O)c2cc(-c3ccc(C)c(C)c3)nn2C)cc1C. The Hall–Kier alpha value is -2.88. The maximum absolute atomic E-state index is 12.6. The van der Waals surface area contributed by atoms with E-state index in [0.29, 0.717) is 5.69 Å². The number of amides is 1. The van der Waals surface area contributed by atoms with Crippen LogP contribution in [0.1, 0.15) is 32.7 Å². The van der Waals surface area contributed by atoms with Gasteiger partial charge in [0.05, 0.1) is 5.69 Å². The molecule has 0 aliphatic carbocycles. The second-order valence-electron chi connectivity index (χ2n) is 6.59. The molecule has 4 nitrogen and oxygen atoms in total. The molecule has 3 aromatic rings. The van der Waals surface area contributed by atoms with E-state index in [1.165, 1.54) is 16.7 Å². The number of anilines is 1. The Balaban J connectivity index is 1.87. The molecule has 3 rings (SSSR count). The van der Waals surface area contributed by atoms with Crippen molar-refractivity contribution in [2.45, 2.75) is 27.7 Å². The average Bonchev–Trinajstić information content (AvgIpc) is 2.95. The van der Waals surface area contributed by atoms with Crippen LogP contribution in [0.2, 0.25) is 0 Å². The van der Waals surface area contributed by atoms with Crippen LogP contribution in [-0.2, 0) is 7.05 Å². The number of benzene rings is 2. The monoisotopic (exact) mass is 333 g/mol. The summed E-state index contributed by atoms with van der Waals surface area (Å²) < 4.78 is 1.63. The fraction of sp³-hybridized carbons (Fsp3) is 0.238. The summed E-state index contributed by atoms with van der Waals surface area (Å²) in [5, 5.41) is 7.45. The summed E-state index contributed by atoms with van der Waals surface area (Å²) >= 11 is 0. The molecule has 2 aromatic carbocycles. The average molecular weight is 333 g/mol. The van der Waals surface area contributed by atoms with E-state index in [-0.39, 0.29) is 5.91 Å². The van der Waals surface area contributed by atoms with E-state index >= 15 is 0 Å². The lowest BCUT2D eigenvalue weighted by Crippen LogP contribution is -2.16. The number of aryl methyl sites for hydroxylation is 5. The van der Waals surface area contributed by atoms with E-state index in [2.05, 4.69) is 43.3 Å². The van der Waals surface area contributed by atoms with Gasteiger partial charge in [0.1, 0.15) is 5.69 Å². The van der Waals surface area contributed by atoms with Gasteiger partial charge in [-0.05, 0) is 74.2 Å². The highest BCUT2D eigenvalue weighted by molar-refractivity contribution is 6.03. The molecular weight excluding hydrogens is 310 g/mol. The smallest absolute Gasteiger partial charge is 0.273 e. The van der Waals surface area contributed by atoms with Crippen molar-refractivity contribution < 1.29 is 4.79 Å². The van der Waals surface area contributed by atoms with Crippen LogP contribution in [0.15, 0.2) is 42.5 Å². The molecule has 1 N–H and O–H groups in total. The molecule has 1 aromatic heterocycles. The Morgan fingerprint density at radius 2 is 1.52 bits per heavy atom. The number of rotatable bonds is 3. The molecule has 128 valence electrons. The summed E-state index contributed by atoms with van der Waals surface area (Å²) in [5.41, 5.74) is 7.96. The largest absolute Gasteiger partial charge is 0.321 e. The number of carbonyl (C=O) groups excluding carboxylic acids is 1. The zero-order valence-corrected chi connectivity index (χ0v) is 15.3. The van der Waals surface area contributed by atoms with Gasteiger partial charge in [-0.3, -0.25) is 9.48 Å². The molecule has 0 atom stereocenters. The second kappa shape index (κ2) is 6.55. The summed E-state index contributed by atoms with van der Waals surface area (Å²) in [5.74, 6) is -0.159. The lowest BCUT2D eigenvalue weighted by molar-refractivity contribution is 0.101. The van der Waals surface area contributed by atoms with Crippen LogP contribution in [0.4, 0.5) is 5.69 Å². The Labute approximate surface area is 148 Å². The van der Waals surface area contributed by atoms with Crippen LogP contribution in [0.5, 0.6) is 0 Å². The van der Waals surface area contributed by atoms with Gasteiger partial charge >= 0.3 is 0 Å². The van der Waals surface area contributed by atoms with Crippen molar-refractivity contribution in [1.29, 1.82) is 0 Å². The highest BCUT2D eigenvalue weighted by atomic mass is 16.2. The normalized spacial score (nSPS) is 10.8. The topological polar surface area (TPSA) is 46.9 Å². The number of hydrogen-bond acceptors (Lipinski definition) is 2. The van der Waals surface area contributed by atoms with Crippen molar-refractivity contribution in [3.8, 4) is 11.3 Å². The van der Waals surface area contributed by atoms with Crippen LogP contribution >= 0.6 is 0 Å². The quantitative estimate of drug-likeness (QED) is 0.763.